The Morgan fingerprint density at radius 3 is 2.85 bits per heavy atom. The summed E-state index contributed by atoms with van der Waals surface area (Å²) in [5, 5.41) is 7.26. The molecule has 0 bridgehead atoms. The van der Waals surface area contributed by atoms with Crippen molar-refractivity contribution in [3.63, 3.8) is 0 Å². The van der Waals surface area contributed by atoms with E-state index in [2.05, 4.69) is 10.6 Å². The molecule has 140 valence electrons. The van der Waals surface area contributed by atoms with Crippen LogP contribution in [-0.2, 0) is 5.75 Å². The van der Waals surface area contributed by atoms with Gasteiger partial charge in [-0.1, -0.05) is 30.3 Å². The molecule has 0 aliphatic carbocycles. The number of piperidine rings is 1. The molecule has 6 heteroatoms. The van der Waals surface area contributed by atoms with Crippen molar-refractivity contribution in [2.45, 2.75) is 29.5 Å². The van der Waals surface area contributed by atoms with Crippen LogP contribution in [0.5, 0.6) is 0 Å². The average molecular weight is 384 g/mol. The van der Waals surface area contributed by atoms with Gasteiger partial charge in [0.1, 0.15) is 11.4 Å². The molecule has 0 radical (unpaired) electrons. The first-order valence-corrected chi connectivity index (χ1v) is 10.1. The summed E-state index contributed by atoms with van der Waals surface area (Å²) < 4.78 is 19.9. The largest absolute Gasteiger partial charge is 0.451 e. The van der Waals surface area contributed by atoms with E-state index in [9.17, 15) is 9.18 Å². The molecule has 3 aromatic rings. The Hall–Kier alpha value is -2.31. The van der Waals surface area contributed by atoms with Crippen molar-refractivity contribution in [2.24, 2.45) is 0 Å². The molecule has 2 aromatic carbocycles. The van der Waals surface area contributed by atoms with Crippen molar-refractivity contribution in [1.29, 1.82) is 0 Å². The fraction of sp³-hybridized carbons (Fsp3) is 0.286. The molecule has 4 nitrogen and oxygen atoms in total. The van der Waals surface area contributed by atoms with Crippen LogP contribution in [0.2, 0.25) is 0 Å². The van der Waals surface area contributed by atoms with Crippen molar-refractivity contribution in [1.82, 2.24) is 10.6 Å². The number of amides is 1. The number of nitrogens with one attached hydrogen (secondary N) is 2. The number of carbonyl (C=O) groups excluding carboxylic acids is 1. The number of hydrogen-bond acceptors (Lipinski definition) is 4. The van der Waals surface area contributed by atoms with Gasteiger partial charge in [-0.2, -0.15) is 0 Å². The number of halogens is 1. The second-order valence-corrected chi connectivity index (χ2v) is 7.66. The number of hydrogen-bond donors (Lipinski definition) is 2. The highest BCUT2D eigenvalue weighted by Gasteiger charge is 2.24. The van der Waals surface area contributed by atoms with Crippen molar-refractivity contribution in [3.05, 3.63) is 65.7 Å². The third-order valence-electron chi connectivity index (χ3n) is 4.75. The first kappa shape index (κ1) is 18.1. The molecule has 1 amide bonds. The highest BCUT2D eigenvalue weighted by molar-refractivity contribution is 7.98. The molecule has 2 heterocycles. The average Bonchev–Trinajstić information content (AvgIpc) is 3.07. The second kappa shape index (κ2) is 8.15. The molecule has 0 unspecified atom stereocenters. The number of para-hydroxylation sites is 1. The number of rotatable bonds is 5. The lowest BCUT2D eigenvalue weighted by atomic mass is 10.1. The number of furan rings is 1. The minimum atomic E-state index is -0.255. The van der Waals surface area contributed by atoms with Gasteiger partial charge < -0.3 is 15.1 Å². The summed E-state index contributed by atoms with van der Waals surface area (Å²) in [6.07, 6.45) is 2.00. The van der Waals surface area contributed by atoms with E-state index in [1.807, 2.05) is 30.3 Å². The van der Waals surface area contributed by atoms with Crippen LogP contribution < -0.4 is 10.6 Å². The zero-order valence-corrected chi connectivity index (χ0v) is 15.7. The number of carbonyl (C=O) groups is 1. The van der Waals surface area contributed by atoms with Crippen molar-refractivity contribution in [3.8, 4) is 0 Å². The Balaban J connectivity index is 1.60. The number of fused-ring (bicyclic) bond motifs is 1. The molecule has 1 saturated heterocycles. The highest BCUT2D eigenvalue weighted by atomic mass is 32.2. The SMILES string of the molecule is O=C(N[C@H]1CCCNC1)c1oc2ccccc2c1CSc1ccccc1F. The third kappa shape index (κ3) is 4.01. The Morgan fingerprint density at radius 2 is 2.04 bits per heavy atom. The molecule has 2 N–H and O–H groups in total. The molecule has 0 spiro atoms. The molecule has 0 saturated carbocycles. The van der Waals surface area contributed by atoms with E-state index in [-0.39, 0.29) is 17.8 Å². The summed E-state index contributed by atoms with van der Waals surface area (Å²) in [4.78, 5) is 13.4. The van der Waals surface area contributed by atoms with Crippen LogP contribution in [0, 0.1) is 5.82 Å². The molecule has 1 aromatic heterocycles. The van der Waals surface area contributed by atoms with E-state index in [4.69, 9.17) is 4.42 Å². The fourth-order valence-corrected chi connectivity index (χ4v) is 4.33. The smallest absolute Gasteiger partial charge is 0.287 e. The van der Waals surface area contributed by atoms with Crippen LogP contribution in [0.25, 0.3) is 11.0 Å². The predicted octanol–water partition coefficient (Wildman–Crippen LogP) is 4.35. The summed E-state index contributed by atoms with van der Waals surface area (Å²) in [6, 6.07) is 14.4. The van der Waals surface area contributed by atoms with Gasteiger partial charge in [-0.3, -0.25) is 4.79 Å². The minimum absolute atomic E-state index is 0.103. The van der Waals surface area contributed by atoms with Crippen LogP contribution in [0.15, 0.2) is 57.8 Å². The van der Waals surface area contributed by atoms with Crippen LogP contribution in [0.3, 0.4) is 0 Å². The van der Waals surface area contributed by atoms with Gasteiger partial charge in [-0.05, 0) is 37.6 Å². The Bertz CT molecular complexity index is 950. The van der Waals surface area contributed by atoms with E-state index in [0.717, 1.165) is 36.9 Å². The second-order valence-electron chi connectivity index (χ2n) is 6.64. The quantitative estimate of drug-likeness (QED) is 0.643. The first-order chi connectivity index (χ1) is 13.2. The summed E-state index contributed by atoms with van der Waals surface area (Å²) in [7, 11) is 0. The van der Waals surface area contributed by atoms with Crippen LogP contribution in [0.1, 0.15) is 29.0 Å². The molecular weight excluding hydrogens is 363 g/mol. The molecule has 4 rings (SSSR count). The zero-order valence-electron chi connectivity index (χ0n) is 14.8. The van der Waals surface area contributed by atoms with Gasteiger partial charge in [-0.15, -0.1) is 11.8 Å². The lowest BCUT2D eigenvalue weighted by Crippen LogP contribution is -2.45. The van der Waals surface area contributed by atoms with E-state index < -0.39 is 0 Å². The van der Waals surface area contributed by atoms with E-state index in [1.165, 1.54) is 17.8 Å². The molecule has 1 aliphatic heterocycles. The lowest BCUT2D eigenvalue weighted by Gasteiger charge is -2.23. The monoisotopic (exact) mass is 384 g/mol. The van der Waals surface area contributed by atoms with Gasteiger partial charge >= 0.3 is 0 Å². The lowest BCUT2D eigenvalue weighted by molar-refractivity contribution is 0.0904. The normalized spacial score (nSPS) is 17.1. The molecular formula is C21H21FN2O2S. The Kier molecular flexibility index (Phi) is 5.45. The standard InChI is InChI=1S/C21H21FN2O2S/c22-17-8-2-4-10-19(17)27-13-16-15-7-1-3-9-18(15)26-20(16)21(25)24-14-6-5-11-23-12-14/h1-4,7-10,14,23H,5-6,11-13H2,(H,24,25)/t14-/m0/s1. The summed E-state index contributed by atoms with van der Waals surface area (Å²) in [5.41, 5.74) is 1.48. The van der Waals surface area contributed by atoms with Crippen LogP contribution in [0.4, 0.5) is 4.39 Å². The van der Waals surface area contributed by atoms with E-state index >= 15 is 0 Å². The van der Waals surface area contributed by atoms with Gasteiger partial charge in [0.15, 0.2) is 5.76 Å². The maximum absolute atomic E-state index is 14.0. The van der Waals surface area contributed by atoms with E-state index in [0.29, 0.717) is 22.0 Å². The molecule has 1 aliphatic rings. The molecule has 1 atom stereocenters. The molecule has 27 heavy (non-hydrogen) atoms. The number of benzene rings is 2. The van der Waals surface area contributed by atoms with E-state index in [1.54, 1.807) is 12.1 Å². The zero-order chi connectivity index (χ0) is 18.6. The summed E-state index contributed by atoms with van der Waals surface area (Å²) >= 11 is 1.37. The summed E-state index contributed by atoms with van der Waals surface area (Å²) in [5.74, 6) is 0.327. The van der Waals surface area contributed by atoms with Gasteiger partial charge in [0.05, 0.1) is 0 Å². The van der Waals surface area contributed by atoms with Crippen molar-refractivity contribution >= 4 is 28.6 Å². The Labute approximate surface area is 161 Å². The first-order valence-electron chi connectivity index (χ1n) is 9.11. The topological polar surface area (TPSA) is 54.3 Å². The van der Waals surface area contributed by atoms with Gasteiger partial charge in [-0.25, -0.2) is 4.39 Å². The van der Waals surface area contributed by atoms with Gasteiger partial charge in [0.2, 0.25) is 0 Å². The van der Waals surface area contributed by atoms with Gasteiger partial charge in [0.25, 0.3) is 5.91 Å². The van der Waals surface area contributed by atoms with Crippen molar-refractivity contribution in [2.75, 3.05) is 13.1 Å². The van der Waals surface area contributed by atoms with Crippen LogP contribution >= 0.6 is 11.8 Å². The van der Waals surface area contributed by atoms with Gasteiger partial charge in [0, 0.05) is 34.2 Å². The molecule has 1 fully saturated rings. The highest BCUT2D eigenvalue weighted by Crippen LogP contribution is 2.33. The minimum Gasteiger partial charge on any atom is -0.451 e. The van der Waals surface area contributed by atoms with Crippen LogP contribution in [-0.4, -0.2) is 25.0 Å². The maximum atomic E-state index is 14.0. The Morgan fingerprint density at radius 1 is 1.22 bits per heavy atom. The number of thioether (sulfide) groups is 1. The fourth-order valence-electron chi connectivity index (χ4n) is 3.36. The van der Waals surface area contributed by atoms with Crippen molar-refractivity contribution < 1.29 is 13.6 Å². The summed E-state index contributed by atoms with van der Waals surface area (Å²) in [6.45, 7) is 1.76. The third-order valence-corrected chi connectivity index (χ3v) is 5.82. The predicted molar refractivity (Wildman–Crippen MR) is 106 cm³/mol. The maximum Gasteiger partial charge on any atom is 0.287 e.